The van der Waals surface area contributed by atoms with Gasteiger partial charge in [-0.3, -0.25) is 14.7 Å². The average Bonchev–Trinajstić information content (AvgIpc) is 2.90. The first-order chi connectivity index (χ1) is 13.4. The molecule has 0 saturated carbocycles. The molecule has 0 bridgehead atoms. The van der Waals surface area contributed by atoms with E-state index < -0.39 is 10.0 Å². The molecule has 28 heavy (non-hydrogen) atoms. The fourth-order valence-corrected chi connectivity index (χ4v) is 4.98. The van der Waals surface area contributed by atoms with Crippen LogP contribution in [0.15, 0.2) is 47.6 Å². The highest BCUT2D eigenvalue weighted by Crippen LogP contribution is 2.27. The fourth-order valence-electron chi connectivity index (χ4n) is 3.19. The van der Waals surface area contributed by atoms with Gasteiger partial charge in [0.25, 0.3) is 0 Å². The standard InChI is InChI=1S/C19H23ClN4O3S/c1-15(25)22-19-4-3-17(13-18(19)20)28(26,27)24-10-2-9-23(11-12-24)14-16-5-7-21-8-6-16/h3-8,13H,2,9-12,14H2,1H3,(H,22,25). The maximum absolute atomic E-state index is 13.0. The molecule has 0 aliphatic carbocycles. The summed E-state index contributed by atoms with van der Waals surface area (Å²) >= 11 is 6.15. The van der Waals surface area contributed by atoms with Crippen LogP contribution in [0.5, 0.6) is 0 Å². The molecule has 1 aromatic heterocycles. The number of anilines is 1. The van der Waals surface area contributed by atoms with Crippen molar-refractivity contribution in [2.24, 2.45) is 0 Å². The number of carbonyl (C=O) groups is 1. The highest BCUT2D eigenvalue weighted by atomic mass is 35.5. The van der Waals surface area contributed by atoms with Gasteiger partial charge in [0.1, 0.15) is 0 Å². The molecule has 1 fully saturated rings. The Morgan fingerprint density at radius 3 is 2.57 bits per heavy atom. The highest BCUT2D eigenvalue weighted by Gasteiger charge is 2.27. The van der Waals surface area contributed by atoms with Crippen LogP contribution in [0.1, 0.15) is 18.9 Å². The van der Waals surface area contributed by atoms with Crippen molar-refractivity contribution < 1.29 is 13.2 Å². The van der Waals surface area contributed by atoms with Crippen molar-refractivity contribution in [3.8, 4) is 0 Å². The number of halogens is 1. The smallest absolute Gasteiger partial charge is 0.243 e. The summed E-state index contributed by atoms with van der Waals surface area (Å²) in [5.74, 6) is -0.265. The molecule has 1 aliphatic rings. The monoisotopic (exact) mass is 422 g/mol. The Kier molecular flexibility index (Phi) is 6.66. The summed E-state index contributed by atoms with van der Waals surface area (Å²) < 4.78 is 27.6. The van der Waals surface area contributed by atoms with Gasteiger partial charge < -0.3 is 5.32 Å². The Bertz CT molecular complexity index is 937. The largest absolute Gasteiger partial charge is 0.325 e. The number of aromatic nitrogens is 1. The number of hydrogen-bond acceptors (Lipinski definition) is 5. The zero-order valence-electron chi connectivity index (χ0n) is 15.6. The third kappa shape index (κ3) is 5.08. The van der Waals surface area contributed by atoms with Crippen molar-refractivity contribution in [1.82, 2.24) is 14.2 Å². The van der Waals surface area contributed by atoms with E-state index in [1.165, 1.54) is 29.4 Å². The van der Waals surface area contributed by atoms with E-state index in [2.05, 4.69) is 15.2 Å². The minimum atomic E-state index is -3.65. The number of amides is 1. The van der Waals surface area contributed by atoms with Crippen LogP contribution >= 0.6 is 11.6 Å². The molecular formula is C19H23ClN4O3S. The summed E-state index contributed by atoms with van der Waals surface area (Å²) in [5.41, 5.74) is 1.55. The Balaban J connectivity index is 1.70. The normalized spacial score (nSPS) is 16.5. The molecule has 7 nitrogen and oxygen atoms in total. The predicted octanol–water partition coefficient (Wildman–Crippen LogP) is 2.59. The van der Waals surface area contributed by atoms with Crippen LogP contribution in [0, 0.1) is 0 Å². The zero-order chi connectivity index (χ0) is 20.1. The van der Waals surface area contributed by atoms with Crippen LogP contribution in [0.3, 0.4) is 0 Å². The van der Waals surface area contributed by atoms with Crippen LogP contribution in [-0.2, 0) is 21.4 Å². The van der Waals surface area contributed by atoms with Crippen molar-refractivity contribution in [3.05, 3.63) is 53.3 Å². The van der Waals surface area contributed by atoms with Crippen molar-refractivity contribution in [2.45, 2.75) is 24.8 Å². The van der Waals surface area contributed by atoms with Crippen molar-refractivity contribution in [2.75, 3.05) is 31.5 Å². The first-order valence-electron chi connectivity index (χ1n) is 9.05. The minimum Gasteiger partial charge on any atom is -0.325 e. The van der Waals surface area contributed by atoms with Gasteiger partial charge >= 0.3 is 0 Å². The van der Waals surface area contributed by atoms with Crippen molar-refractivity contribution >= 4 is 33.2 Å². The van der Waals surface area contributed by atoms with Crippen LogP contribution in [-0.4, -0.2) is 54.7 Å². The lowest BCUT2D eigenvalue weighted by atomic mass is 10.2. The van der Waals surface area contributed by atoms with E-state index in [0.29, 0.717) is 25.3 Å². The topological polar surface area (TPSA) is 82.6 Å². The van der Waals surface area contributed by atoms with Crippen LogP contribution in [0.4, 0.5) is 5.69 Å². The number of hydrogen-bond donors (Lipinski definition) is 1. The molecule has 1 amide bonds. The molecule has 1 saturated heterocycles. The van der Waals surface area contributed by atoms with Gasteiger partial charge in [0.15, 0.2) is 0 Å². The molecule has 0 radical (unpaired) electrons. The maximum Gasteiger partial charge on any atom is 0.243 e. The first kappa shape index (κ1) is 20.7. The van der Waals surface area contributed by atoms with E-state index in [4.69, 9.17) is 11.6 Å². The third-order valence-corrected chi connectivity index (χ3v) is 6.80. The van der Waals surface area contributed by atoms with E-state index in [1.807, 2.05) is 12.1 Å². The summed E-state index contributed by atoms with van der Waals surface area (Å²) in [7, 11) is -3.65. The van der Waals surface area contributed by atoms with Crippen LogP contribution in [0.2, 0.25) is 5.02 Å². The number of nitrogens with one attached hydrogen (secondary N) is 1. The number of benzene rings is 1. The molecule has 150 valence electrons. The van der Waals surface area contributed by atoms with Crippen LogP contribution in [0.25, 0.3) is 0 Å². The maximum atomic E-state index is 13.0. The lowest BCUT2D eigenvalue weighted by molar-refractivity contribution is -0.114. The number of carbonyl (C=O) groups excluding carboxylic acids is 1. The third-order valence-electron chi connectivity index (χ3n) is 4.59. The summed E-state index contributed by atoms with van der Waals surface area (Å²) in [4.78, 5) is 17.6. The van der Waals surface area contributed by atoms with E-state index in [1.54, 1.807) is 12.4 Å². The molecule has 2 aromatic rings. The molecule has 2 heterocycles. The average molecular weight is 423 g/mol. The van der Waals surface area contributed by atoms with Gasteiger partial charge in [0.2, 0.25) is 15.9 Å². The number of nitrogens with zero attached hydrogens (tertiary/aromatic N) is 3. The predicted molar refractivity (Wildman–Crippen MR) is 109 cm³/mol. The molecular weight excluding hydrogens is 400 g/mol. The van der Waals surface area contributed by atoms with E-state index in [9.17, 15) is 13.2 Å². The summed E-state index contributed by atoms with van der Waals surface area (Å²) in [6.07, 6.45) is 4.28. The molecule has 0 unspecified atom stereocenters. The molecule has 1 N–H and O–H groups in total. The van der Waals surface area contributed by atoms with Gasteiger partial charge in [0, 0.05) is 45.5 Å². The van der Waals surface area contributed by atoms with Crippen molar-refractivity contribution in [1.29, 1.82) is 0 Å². The summed E-state index contributed by atoms with van der Waals surface area (Å²) in [6.45, 7) is 4.50. The first-order valence-corrected chi connectivity index (χ1v) is 10.9. The van der Waals surface area contributed by atoms with Gasteiger partial charge in [0.05, 0.1) is 15.6 Å². The lowest BCUT2D eigenvalue weighted by Crippen LogP contribution is -2.35. The van der Waals surface area contributed by atoms with Crippen molar-refractivity contribution in [3.63, 3.8) is 0 Å². The zero-order valence-corrected chi connectivity index (χ0v) is 17.2. The Morgan fingerprint density at radius 2 is 1.89 bits per heavy atom. The highest BCUT2D eigenvalue weighted by molar-refractivity contribution is 7.89. The number of sulfonamides is 1. The summed E-state index contributed by atoms with van der Waals surface area (Å²) in [6, 6.07) is 8.33. The fraction of sp³-hybridized carbons (Fsp3) is 0.368. The lowest BCUT2D eigenvalue weighted by Gasteiger charge is -2.22. The summed E-state index contributed by atoms with van der Waals surface area (Å²) in [5, 5.41) is 2.78. The molecule has 1 aliphatic heterocycles. The van der Waals surface area contributed by atoms with Gasteiger partial charge in [-0.05, 0) is 48.9 Å². The minimum absolute atomic E-state index is 0.134. The van der Waals surface area contributed by atoms with E-state index >= 15 is 0 Å². The molecule has 0 spiro atoms. The molecule has 0 atom stereocenters. The van der Waals surface area contributed by atoms with Crippen LogP contribution < -0.4 is 5.32 Å². The quantitative estimate of drug-likeness (QED) is 0.800. The SMILES string of the molecule is CC(=O)Nc1ccc(S(=O)(=O)N2CCCN(Cc3ccncc3)CC2)cc1Cl. The number of rotatable bonds is 5. The van der Waals surface area contributed by atoms with Gasteiger partial charge in [-0.15, -0.1) is 0 Å². The Hall–Kier alpha value is -2.00. The molecule has 9 heteroatoms. The van der Waals surface area contributed by atoms with E-state index in [-0.39, 0.29) is 15.8 Å². The van der Waals surface area contributed by atoms with E-state index in [0.717, 1.165) is 25.1 Å². The molecule has 3 rings (SSSR count). The Labute approximate surface area is 170 Å². The molecule has 1 aromatic carbocycles. The number of pyridine rings is 1. The second-order valence-corrected chi connectivity index (χ2v) is 9.06. The second kappa shape index (κ2) is 9.00. The van der Waals surface area contributed by atoms with Gasteiger partial charge in [-0.2, -0.15) is 4.31 Å². The second-order valence-electron chi connectivity index (χ2n) is 6.71. The Morgan fingerprint density at radius 1 is 1.14 bits per heavy atom. The van der Waals surface area contributed by atoms with Gasteiger partial charge in [-0.25, -0.2) is 8.42 Å². The van der Waals surface area contributed by atoms with Gasteiger partial charge in [-0.1, -0.05) is 11.6 Å².